The van der Waals surface area contributed by atoms with Crippen molar-refractivity contribution < 1.29 is 9.23 Å². The van der Waals surface area contributed by atoms with Crippen molar-refractivity contribution in [2.24, 2.45) is 5.16 Å². The average molecular weight is 334 g/mol. The third-order valence-electron chi connectivity index (χ3n) is 3.62. The van der Waals surface area contributed by atoms with Crippen LogP contribution < -0.4 is 5.32 Å². The van der Waals surface area contributed by atoms with Crippen molar-refractivity contribution in [3.8, 4) is 0 Å². The van der Waals surface area contributed by atoms with Crippen LogP contribution in [-0.2, 0) is 4.84 Å². The molecule has 0 saturated heterocycles. The minimum Gasteiger partial charge on any atom is -0.393 e. The molecule has 0 unspecified atom stereocenters. The van der Waals surface area contributed by atoms with Crippen LogP contribution in [0.5, 0.6) is 0 Å². The van der Waals surface area contributed by atoms with Gasteiger partial charge in [-0.15, -0.1) is 0 Å². The fraction of sp³-hybridized carbons (Fsp3) is 0.0952. The van der Waals surface area contributed by atoms with E-state index in [1.807, 2.05) is 60.7 Å². The highest BCUT2D eigenvalue weighted by atomic mass is 19.1. The largest absolute Gasteiger partial charge is 0.393 e. The third-order valence-corrected chi connectivity index (χ3v) is 3.62. The van der Waals surface area contributed by atoms with Gasteiger partial charge in [-0.05, 0) is 24.3 Å². The van der Waals surface area contributed by atoms with Gasteiger partial charge in [0, 0.05) is 16.8 Å². The van der Waals surface area contributed by atoms with Crippen LogP contribution in [0.15, 0.2) is 90.1 Å². The first-order valence-corrected chi connectivity index (χ1v) is 8.13. The van der Waals surface area contributed by atoms with Gasteiger partial charge >= 0.3 is 0 Å². The maximum absolute atomic E-state index is 12.9. The van der Waals surface area contributed by atoms with E-state index in [2.05, 4.69) is 10.5 Å². The summed E-state index contributed by atoms with van der Waals surface area (Å²) >= 11 is 0. The Bertz CT molecular complexity index is 761. The monoisotopic (exact) mass is 334 g/mol. The zero-order valence-corrected chi connectivity index (χ0v) is 13.7. The van der Waals surface area contributed by atoms with Crippen LogP contribution >= 0.6 is 0 Å². The van der Waals surface area contributed by atoms with Gasteiger partial charge in [-0.25, -0.2) is 4.39 Å². The Morgan fingerprint density at radius 3 is 1.92 bits per heavy atom. The minimum absolute atomic E-state index is 0.248. The summed E-state index contributed by atoms with van der Waals surface area (Å²) in [6, 6.07) is 26.1. The zero-order chi connectivity index (χ0) is 17.3. The smallest absolute Gasteiger partial charge is 0.134 e. The molecule has 0 spiro atoms. The number of hydrogen-bond acceptors (Lipinski definition) is 3. The Kier molecular flexibility index (Phi) is 5.77. The summed E-state index contributed by atoms with van der Waals surface area (Å²) in [6.45, 7) is 0.979. The first kappa shape index (κ1) is 16.7. The van der Waals surface area contributed by atoms with Gasteiger partial charge < -0.3 is 10.2 Å². The molecule has 3 aromatic rings. The predicted molar refractivity (Wildman–Crippen MR) is 99.4 cm³/mol. The summed E-state index contributed by atoms with van der Waals surface area (Å²) in [7, 11) is 0. The molecule has 0 amide bonds. The van der Waals surface area contributed by atoms with E-state index in [1.54, 1.807) is 12.1 Å². The second-order valence-electron chi connectivity index (χ2n) is 5.44. The molecule has 0 fully saturated rings. The third kappa shape index (κ3) is 4.91. The van der Waals surface area contributed by atoms with Crippen LogP contribution in [0.2, 0.25) is 0 Å². The van der Waals surface area contributed by atoms with Crippen LogP contribution in [0.1, 0.15) is 11.1 Å². The van der Waals surface area contributed by atoms with E-state index in [0.29, 0.717) is 13.2 Å². The molecular weight excluding hydrogens is 315 g/mol. The Labute approximate surface area is 146 Å². The minimum atomic E-state index is -0.248. The van der Waals surface area contributed by atoms with Crippen LogP contribution in [0.3, 0.4) is 0 Å². The maximum Gasteiger partial charge on any atom is 0.134 e. The molecule has 126 valence electrons. The number of nitrogens with one attached hydrogen (secondary N) is 1. The Morgan fingerprint density at radius 1 is 0.800 bits per heavy atom. The maximum atomic E-state index is 12.9. The van der Waals surface area contributed by atoms with E-state index in [9.17, 15) is 4.39 Å². The molecule has 0 heterocycles. The molecule has 0 saturated carbocycles. The molecule has 3 nitrogen and oxygen atoms in total. The molecule has 0 aliphatic carbocycles. The highest BCUT2D eigenvalue weighted by molar-refractivity contribution is 6.12. The van der Waals surface area contributed by atoms with Crippen LogP contribution in [-0.4, -0.2) is 18.9 Å². The van der Waals surface area contributed by atoms with Gasteiger partial charge in [0.05, 0.1) is 6.54 Å². The predicted octanol–water partition coefficient (Wildman–Crippen LogP) is 4.71. The Balaban J connectivity index is 1.62. The van der Waals surface area contributed by atoms with E-state index in [1.165, 1.54) is 12.1 Å². The molecule has 0 aromatic heterocycles. The van der Waals surface area contributed by atoms with Gasteiger partial charge in [-0.1, -0.05) is 65.8 Å². The highest BCUT2D eigenvalue weighted by Gasteiger charge is 2.06. The van der Waals surface area contributed by atoms with Gasteiger partial charge in [-0.2, -0.15) is 0 Å². The lowest BCUT2D eigenvalue weighted by Gasteiger charge is -2.08. The average Bonchev–Trinajstić information content (AvgIpc) is 2.67. The van der Waals surface area contributed by atoms with Gasteiger partial charge in [0.1, 0.15) is 18.1 Å². The number of anilines is 1. The van der Waals surface area contributed by atoms with Gasteiger partial charge in [0.25, 0.3) is 0 Å². The van der Waals surface area contributed by atoms with Crippen molar-refractivity contribution in [1.29, 1.82) is 0 Å². The summed E-state index contributed by atoms with van der Waals surface area (Å²) in [5, 5.41) is 7.49. The first-order chi connectivity index (χ1) is 12.3. The fourth-order valence-electron chi connectivity index (χ4n) is 2.38. The molecule has 0 bridgehead atoms. The quantitative estimate of drug-likeness (QED) is 0.386. The van der Waals surface area contributed by atoms with E-state index in [-0.39, 0.29) is 5.82 Å². The SMILES string of the molecule is Fc1ccc(NCCON=C(c2ccccc2)c2ccccc2)cc1. The lowest BCUT2D eigenvalue weighted by atomic mass is 10.0. The molecule has 25 heavy (non-hydrogen) atoms. The molecular formula is C21H19FN2O. The Morgan fingerprint density at radius 2 is 1.36 bits per heavy atom. The summed E-state index contributed by atoms with van der Waals surface area (Å²) in [5.74, 6) is -0.248. The number of rotatable bonds is 7. The molecule has 0 radical (unpaired) electrons. The van der Waals surface area contributed by atoms with Gasteiger partial charge in [0.15, 0.2) is 0 Å². The summed E-state index contributed by atoms with van der Waals surface area (Å²) in [4.78, 5) is 5.50. The summed E-state index contributed by atoms with van der Waals surface area (Å²) in [6.07, 6.45) is 0. The van der Waals surface area contributed by atoms with Crippen LogP contribution in [0.25, 0.3) is 0 Å². The zero-order valence-electron chi connectivity index (χ0n) is 13.7. The molecule has 1 N–H and O–H groups in total. The summed E-state index contributed by atoms with van der Waals surface area (Å²) in [5.41, 5.74) is 3.64. The molecule has 0 aliphatic rings. The second kappa shape index (κ2) is 8.64. The van der Waals surface area contributed by atoms with Gasteiger partial charge in [-0.3, -0.25) is 0 Å². The highest BCUT2D eigenvalue weighted by Crippen LogP contribution is 2.11. The molecule has 0 aliphatic heterocycles. The number of benzene rings is 3. The summed E-state index contributed by atoms with van der Waals surface area (Å²) < 4.78 is 12.9. The van der Waals surface area contributed by atoms with Crippen molar-refractivity contribution in [2.45, 2.75) is 0 Å². The second-order valence-corrected chi connectivity index (χ2v) is 5.44. The molecule has 0 atom stereocenters. The molecule has 4 heteroatoms. The van der Waals surface area contributed by atoms with Gasteiger partial charge in [0.2, 0.25) is 0 Å². The molecule has 3 rings (SSSR count). The van der Waals surface area contributed by atoms with Crippen molar-refractivity contribution in [3.05, 3.63) is 102 Å². The van der Waals surface area contributed by atoms with E-state index in [4.69, 9.17) is 4.84 Å². The van der Waals surface area contributed by atoms with Crippen molar-refractivity contribution in [3.63, 3.8) is 0 Å². The van der Waals surface area contributed by atoms with Crippen molar-refractivity contribution in [2.75, 3.05) is 18.5 Å². The lowest BCUT2D eigenvalue weighted by Crippen LogP contribution is -2.10. The fourth-order valence-corrected chi connectivity index (χ4v) is 2.38. The van der Waals surface area contributed by atoms with Crippen LogP contribution in [0, 0.1) is 5.82 Å². The van der Waals surface area contributed by atoms with Crippen molar-refractivity contribution in [1.82, 2.24) is 0 Å². The first-order valence-electron chi connectivity index (χ1n) is 8.13. The van der Waals surface area contributed by atoms with E-state index >= 15 is 0 Å². The van der Waals surface area contributed by atoms with E-state index in [0.717, 1.165) is 22.5 Å². The van der Waals surface area contributed by atoms with Crippen molar-refractivity contribution >= 4 is 11.4 Å². The number of oxime groups is 1. The number of halogens is 1. The topological polar surface area (TPSA) is 33.6 Å². The Hall–Kier alpha value is -3.14. The lowest BCUT2D eigenvalue weighted by molar-refractivity contribution is 0.155. The standard InChI is InChI=1S/C21H19FN2O/c22-19-11-13-20(14-12-19)23-15-16-25-24-21(17-7-3-1-4-8-17)18-9-5-2-6-10-18/h1-14,23H,15-16H2. The normalized spacial score (nSPS) is 10.1. The molecule has 3 aromatic carbocycles. The van der Waals surface area contributed by atoms with E-state index < -0.39 is 0 Å². The van der Waals surface area contributed by atoms with Crippen LogP contribution in [0.4, 0.5) is 10.1 Å². The number of hydrogen-bond donors (Lipinski definition) is 1. The number of nitrogens with zero attached hydrogens (tertiary/aromatic N) is 1.